The van der Waals surface area contributed by atoms with Crippen molar-refractivity contribution in [3.05, 3.63) is 22.6 Å². The van der Waals surface area contributed by atoms with E-state index in [1.165, 1.54) is 50.8 Å². The summed E-state index contributed by atoms with van der Waals surface area (Å²) in [6, 6.07) is -0.779. The van der Waals surface area contributed by atoms with Crippen LogP contribution in [0.2, 0.25) is 0 Å². The number of fused-ring (bicyclic) bond motifs is 1. The lowest BCUT2D eigenvalue weighted by Crippen LogP contribution is -2.70. The molecule has 2 aromatic heterocycles. The quantitative estimate of drug-likeness (QED) is 0.405. The predicted molar refractivity (Wildman–Crippen MR) is 103 cm³/mol. The number of carbonyl (C=O) groups is 3. The van der Waals surface area contributed by atoms with Gasteiger partial charge < -0.3 is 10.4 Å². The summed E-state index contributed by atoms with van der Waals surface area (Å²) in [5.74, 6) is -1.19. The molecule has 0 spiro atoms. The molecule has 0 saturated carbocycles. The molecule has 0 aromatic carbocycles. The first kappa shape index (κ1) is 19.8. The van der Waals surface area contributed by atoms with Crippen LogP contribution in [0.5, 0.6) is 0 Å². The second kappa shape index (κ2) is 8.08. The normalized spacial score (nSPS) is 21.0. The van der Waals surface area contributed by atoms with Crippen LogP contribution < -0.4 is 5.32 Å². The molecule has 2 aliphatic heterocycles. The number of amides is 2. The summed E-state index contributed by atoms with van der Waals surface area (Å²) in [7, 11) is 0. The zero-order chi connectivity index (χ0) is 20.5. The Kier molecular flexibility index (Phi) is 5.51. The smallest absolute Gasteiger partial charge is 0.352 e. The molecule has 1 fully saturated rings. The van der Waals surface area contributed by atoms with Crippen LogP contribution in [-0.4, -0.2) is 81.1 Å². The van der Waals surface area contributed by atoms with Gasteiger partial charge in [-0.2, -0.15) is 0 Å². The van der Waals surface area contributed by atoms with Gasteiger partial charge in [-0.3, -0.25) is 14.5 Å². The highest BCUT2D eigenvalue weighted by atomic mass is 32.2. The number of carbonyl (C=O) groups excluding carboxylic acids is 2. The van der Waals surface area contributed by atoms with E-state index >= 15 is 0 Å². The molecular weight excluding hydrogens is 440 g/mol. The molecule has 152 valence electrons. The Morgan fingerprint density at radius 1 is 1.41 bits per heavy atom. The topological polar surface area (TPSA) is 156 Å². The standard InChI is InChI=1S/C14H14N8O4S3/c1-6-17-18-14(29-6)28-4-7-3-27-12-9(11(24)22(12)10(7)13(25)26)16-8(23)2-21-5-15-19-20-21/h5,9,12H,2-4H2,1H3,(H,16,23)(H,25,26)/t9-,12-/m0/s1. The van der Waals surface area contributed by atoms with Crippen LogP contribution in [0.15, 0.2) is 21.9 Å². The van der Waals surface area contributed by atoms with Gasteiger partial charge >= 0.3 is 5.97 Å². The van der Waals surface area contributed by atoms with Gasteiger partial charge in [-0.1, -0.05) is 23.1 Å². The van der Waals surface area contributed by atoms with E-state index in [-0.39, 0.29) is 12.2 Å². The van der Waals surface area contributed by atoms with E-state index in [9.17, 15) is 19.5 Å². The minimum Gasteiger partial charge on any atom is -0.477 e. The van der Waals surface area contributed by atoms with E-state index in [1.807, 2.05) is 6.92 Å². The Balaban J connectivity index is 1.44. The number of carboxylic acid groups (broad SMARTS) is 1. The van der Waals surface area contributed by atoms with Gasteiger partial charge in [0.2, 0.25) is 5.91 Å². The van der Waals surface area contributed by atoms with Crippen molar-refractivity contribution in [2.75, 3.05) is 11.5 Å². The van der Waals surface area contributed by atoms with Gasteiger partial charge in [0.1, 0.15) is 35.0 Å². The third-order valence-electron chi connectivity index (χ3n) is 4.14. The Bertz CT molecular complexity index is 991. The number of nitrogens with one attached hydrogen (secondary N) is 1. The summed E-state index contributed by atoms with van der Waals surface area (Å²) in [5.41, 5.74) is 0.627. The maximum atomic E-state index is 12.6. The average Bonchev–Trinajstić information content (AvgIpc) is 3.35. The molecule has 2 atom stereocenters. The highest BCUT2D eigenvalue weighted by molar-refractivity contribution is 8.01. The van der Waals surface area contributed by atoms with Crippen molar-refractivity contribution in [3.8, 4) is 0 Å². The fourth-order valence-electron chi connectivity index (χ4n) is 2.90. The largest absolute Gasteiger partial charge is 0.477 e. The molecule has 2 aromatic rings. The number of aromatic nitrogens is 6. The molecule has 15 heteroatoms. The van der Waals surface area contributed by atoms with E-state index < -0.39 is 29.2 Å². The summed E-state index contributed by atoms with van der Waals surface area (Å²) in [6.07, 6.45) is 1.29. The molecule has 2 amide bonds. The van der Waals surface area contributed by atoms with Crippen molar-refractivity contribution in [1.29, 1.82) is 0 Å². The second-order valence-electron chi connectivity index (χ2n) is 6.10. The van der Waals surface area contributed by atoms with Crippen LogP contribution in [0.4, 0.5) is 0 Å². The molecule has 0 radical (unpaired) electrons. The SMILES string of the molecule is Cc1nnc(SCC2=C(C(=O)O)N3C(=O)[C@H](NC(=O)Cn4cnnn4)[C@@H]3SC2)s1. The number of nitrogens with zero attached hydrogens (tertiary/aromatic N) is 7. The average molecular weight is 455 g/mol. The Morgan fingerprint density at radius 2 is 2.24 bits per heavy atom. The number of β-lactam (4-membered cyclic amide) rings is 1. The number of hydrogen-bond acceptors (Lipinski definition) is 11. The van der Waals surface area contributed by atoms with Gasteiger partial charge in [0.05, 0.1) is 0 Å². The van der Waals surface area contributed by atoms with Crippen molar-refractivity contribution >= 4 is 52.6 Å². The highest BCUT2D eigenvalue weighted by Gasteiger charge is 2.54. The van der Waals surface area contributed by atoms with E-state index in [0.29, 0.717) is 17.1 Å². The van der Waals surface area contributed by atoms with E-state index in [1.54, 1.807) is 0 Å². The zero-order valence-corrected chi connectivity index (χ0v) is 17.3. The maximum absolute atomic E-state index is 12.6. The number of aryl methyl sites for hydroxylation is 1. The molecule has 4 rings (SSSR count). The number of tetrazole rings is 1. The van der Waals surface area contributed by atoms with Gasteiger partial charge in [0.25, 0.3) is 5.91 Å². The fourth-order valence-corrected chi connectivity index (χ4v) is 6.20. The van der Waals surface area contributed by atoms with Crippen LogP contribution in [0, 0.1) is 6.92 Å². The monoisotopic (exact) mass is 454 g/mol. The number of aliphatic carboxylic acids is 1. The summed E-state index contributed by atoms with van der Waals surface area (Å²) in [5, 5.41) is 31.1. The summed E-state index contributed by atoms with van der Waals surface area (Å²) >= 11 is 4.24. The molecule has 0 bridgehead atoms. The van der Waals surface area contributed by atoms with Crippen LogP contribution in [0.1, 0.15) is 5.01 Å². The lowest BCUT2D eigenvalue weighted by Gasteiger charge is -2.49. The molecule has 0 unspecified atom stereocenters. The third-order valence-corrected chi connectivity index (χ3v) is 7.54. The summed E-state index contributed by atoms with van der Waals surface area (Å²) < 4.78 is 1.98. The minimum atomic E-state index is -1.16. The molecule has 1 saturated heterocycles. The van der Waals surface area contributed by atoms with Crippen LogP contribution in [-0.2, 0) is 20.9 Å². The van der Waals surface area contributed by atoms with Crippen molar-refractivity contribution < 1.29 is 19.5 Å². The van der Waals surface area contributed by atoms with Crippen LogP contribution in [0.25, 0.3) is 0 Å². The summed E-state index contributed by atoms with van der Waals surface area (Å²) in [4.78, 5) is 37.8. The molecular formula is C14H14N8O4S3. The van der Waals surface area contributed by atoms with Crippen LogP contribution in [0.3, 0.4) is 0 Å². The van der Waals surface area contributed by atoms with Gasteiger partial charge in [0.15, 0.2) is 4.34 Å². The Morgan fingerprint density at radius 3 is 2.90 bits per heavy atom. The van der Waals surface area contributed by atoms with Crippen LogP contribution >= 0.6 is 34.9 Å². The number of rotatable bonds is 7. The van der Waals surface area contributed by atoms with Gasteiger partial charge in [-0.25, -0.2) is 9.48 Å². The molecule has 2 aliphatic rings. The first-order chi connectivity index (χ1) is 13.9. The molecule has 4 heterocycles. The van der Waals surface area contributed by atoms with Gasteiger partial charge in [-0.05, 0) is 22.9 Å². The van der Waals surface area contributed by atoms with Crippen molar-refractivity contribution in [2.24, 2.45) is 0 Å². The third kappa shape index (κ3) is 3.97. The van der Waals surface area contributed by atoms with Crippen molar-refractivity contribution in [1.82, 2.24) is 40.6 Å². The molecule has 29 heavy (non-hydrogen) atoms. The van der Waals surface area contributed by atoms with Gasteiger partial charge in [0, 0.05) is 11.5 Å². The molecule has 0 aliphatic carbocycles. The highest BCUT2D eigenvalue weighted by Crippen LogP contribution is 2.41. The minimum absolute atomic E-state index is 0.0153. The predicted octanol–water partition coefficient (Wildman–Crippen LogP) is -0.636. The maximum Gasteiger partial charge on any atom is 0.352 e. The van der Waals surface area contributed by atoms with Crippen molar-refractivity contribution in [3.63, 3.8) is 0 Å². The molecule has 2 N–H and O–H groups in total. The van der Waals surface area contributed by atoms with E-state index in [4.69, 9.17) is 0 Å². The summed E-state index contributed by atoms with van der Waals surface area (Å²) in [6.45, 7) is 1.72. The number of hydrogen-bond donors (Lipinski definition) is 2. The number of thioether (sulfide) groups is 2. The zero-order valence-electron chi connectivity index (χ0n) is 14.9. The van der Waals surface area contributed by atoms with Crippen molar-refractivity contribution in [2.45, 2.75) is 29.2 Å². The second-order valence-corrected chi connectivity index (χ2v) is 9.60. The van der Waals surface area contributed by atoms with E-state index in [2.05, 4.69) is 31.0 Å². The van der Waals surface area contributed by atoms with E-state index in [0.717, 1.165) is 9.35 Å². The number of carboxylic acids is 1. The first-order valence-electron chi connectivity index (χ1n) is 8.27. The first-order valence-corrected chi connectivity index (χ1v) is 11.1. The lowest BCUT2D eigenvalue weighted by atomic mass is 10.0. The fraction of sp³-hybridized carbons (Fsp3) is 0.429. The molecule has 12 nitrogen and oxygen atoms in total. The lowest BCUT2D eigenvalue weighted by molar-refractivity contribution is -0.150. The van der Waals surface area contributed by atoms with Gasteiger partial charge in [-0.15, -0.1) is 27.1 Å². The Hall–Kier alpha value is -2.52. The Labute approximate surface area is 176 Å².